The molecule has 10 nitrogen and oxygen atoms in total. The number of benzene rings is 2. The number of amides is 1. The van der Waals surface area contributed by atoms with Crippen LogP contribution in [0.2, 0.25) is 0 Å². The van der Waals surface area contributed by atoms with Crippen molar-refractivity contribution in [1.82, 2.24) is 0 Å². The van der Waals surface area contributed by atoms with Gasteiger partial charge in [0.2, 0.25) is 0 Å². The van der Waals surface area contributed by atoms with Crippen LogP contribution in [0.5, 0.6) is 0 Å². The minimum absolute atomic E-state index is 0.0577. The van der Waals surface area contributed by atoms with Gasteiger partial charge in [0.05, 0.1) is 22.3 Å². The fourth-order valence-corrected chi connectivity index (χ4v) is 2.60. The first-order valence-electron chi connectivity index (χ1n) is 8.08. The normalized spacial score (nSPS) is 10.1. The summed E-state index contributed by atoms with van der Waals surface area (Å²) in [5, 5.41) is 32.9. The zero-order valence-corrected chi connectivity index (χ0v) is 15.3. The van der Waals surface area contributed by atoms with Gasteiger partial charge in [-0.05, 0) is 37.3 Å². The lowest BCUT2D eigenvalue weighted by Crippen LogP contribution is -2.20. The largest absolute Gasteiger partial charge is 0.478 e. The number of hydrogen-bond donors (Lipinski definition) is 5. The number of nitrogens with one attached hydrogen (secondary N) is 2. The van der Waals surface area contributed by atoms with Crippen LogP contribution in [0, 0.1) is 0 Å². The van der Waals surface area contributed by atoms with Gasteiger partial charge >= 0.3 is 17.9 Å². The van der Waals surface area contributed by atoms with E-state index in [2.05, 4.69) is 10.6 Å². The van der Waals surface area contributed by atoms with Crippen molar-refractivity contribution in [3.05, 3.63) is 58.1 Å². The van der Waals surface area contributed by atoms with Crippen LogP contribution in [-0.4, -0.2) is 52.0 Å². The van der Waals surface area contributed by atoms with Crippen molar-refractivity contribution in [1.29, 1.82) is 0 Å². The topological polar surface area (TPSA) is 170 Å². The highest BCUT2D eigenvalue weighted by atomic mass is 16.4. The zero-order valence-electron chi connectivity index (χ0n) is 15.3. The maximum Gasteiger partial charge on any atom is 0.336 e. The van der Waals surface area contributed by atoms with Crippen molar-refractivity contribution in [2.75, 3.05) is 17.7 Å². The average molecular weight is 400 g/mol. The number of carbonyl (C=O) groups excluding carboxylic acids is 2. The Labute approximate surface area is 163 Å². The lowest BCUT2D eigenvalue weighted by molar-refractivity contribution is 0.0680. The molecule has 0 aliphatic rings. The quantitative estimate of drug-likeness (QED) is 0.437. The van der Waals surface area contributed by atoms with E-state index in [9.17, 15) is 34.2 Å². The van der Waals surface area contributed by atoms with Crippen molar-refractivity contribution < 1.29 is 39.3 Å². The molecule has 0 saturated carbocycles. The summed E-state index contributed by atoms with van der Waals surface area (Å²) < 4.78 is 0. The number of anilines is 2. The third-order valence-corrected chi connectivity index (χ3v) is 3.97. The third kappa shape index (κ3) is 4.56. The summed E-state index contributed by atoms with van der Waals surface area (Å²) >= 11 is 0. The zero-order chi connectivity index (χ0) is 21.9. The second-order valence-corrected chi connectivity index (χ2v) is 5.92. The van der Waals surface area contributed by atoms with E-state index in [-0.39, 0.29) is 16.8 Å². The molecule has 29 heavy (non-hydrogen) atoms. The Morgan fingerprint density at radius 2 is 1.21 bits per heavy atom. The maximum atomic E-state index is 12.7. The highest BCUT2D eigenvalue weighted by Crippen LogP contribution is 2.23. The van der Waals surface area contributed by atoms with Gasteiger partial charge in [-0.1, -0.05) is 0 Å². The van der Waals surface area contributed by atoms with E-state index >= 15 is 0 Å². The molecule has 0 radical (unpaired) electrons. The molecule has 0 saturated heterocycles. The molecule has 0 spiro atoms. The molecule has 0 heterocycles. The minimum Gasteiger partial charge on any atom is -0.478 e. The molecule has 5 N–H and O–H groups in total. The fraction of sp³-hybridized carbons (Fsp3) is 0.105. The summed E-state index contributed by atoms with van der Waals surface area (Å²) in [5.74, 6) is -5.95. The highest BCUT2D eigenvalue weighted by molar-refractivity contribution is 6.15. The number of rotatable bonds is 7. The number of hydrogen-bond acceptors (Lipinski definition) is 6. The van der Waals surface area contributed by atoms with Gasteiger partial charge in [-0.2, -0.15) is 0 Å². The van der Waals surface area contributed by atoms with Crippen LogP contribution < -0.4 is 10.6 Å². The molecular formula is C19H16N2O8. The molecule has 0 fully saturated rings. The first-order valence-corrected chi connectivity index (χ1v) is 8.08. The second-order valence-electron chi connectivity index (χ2n) is 5.92. The molecule has 2 rings (SSSR count). The Balaban J connectivity index is 2.58. The number of Topliss-reactive ketones (excluding diaryl/α,β-unsaturated/α-hetero) is 1. The van der Waals surface area contributed by atoms with Crippen LogP contribution in [0.1, 0.15) is 58.7 Å². The van der Waals surface area contributed by atoms with Crippen molar-refractivity contribution in [2.45, 2.75) is 6.92 Å². The standard InChI is InChI=1S/C19H16N2O8/c1-8(22)12-6-13(15(19(28)29)7-14(12)18(26)27)16(23)21-11-4-9(17(24)25)3-10(5-11)20-2/h3-7,20H,1-2H3,(H,21,23)(H,24,25)(H,26,27)(H,28,29). The molecule has 0 aromatic heterocycles. The van der Waals surface area contributed by atoms with Crippen LogP contribution in [0.15, 0.2) is 30.3 Å². The summed E-state index contributed by atoms with van der Waals surface area (Å²) in [7, 11) is 1.54. The molecule has 1 amide bonds. The number of carboxylic acid groups (broad SMARTS) is 3. The van der Waals surface area contributed by atoms with E-state index in [4.69, 9.17) is 5.11 Å². The Bertz CT molecular complexity index is 1060. The summed E-state index contributed by atoms with van der Waals surface area (Å²) in [6, 6.07) is 5.55. The molecule has 150 valence electrons. The van der Waals surface area contributed by atoms with Gasteiger partial charge in [0.25, 0.3) is 5.91 Å². The first-order chi connectivity index (χ1) is 13.5. The van der Waals surface area contributed by atoms with Crippen LogP contribution in [-0.2, 0) is 0 Å². The van der Waals surface area contributed by atoms with E-state index in [0.29, 0.717) is 5.69 Å². The van der Waals surface area contributed by atoms with Gasteiger partial charge in [-0.3, -0.25) is 9.59 Å². The van der Waals surface area contributed by atoms with Crippen LogP contribution in [0.4, 0.5) is 11.4 Å². The fourth-order valence-electron chi connectivity index (χ4n) is 2.60. The molecule has 2 aromatic rings. The van der Waals surface area contributed by atoms with Crippen molar-refractivity contribution in [2.24, 2.45) is 0 Å². The molecule has 2 aromatic carbocycles. The predicted molar refractivity (Wildman–Crippen MR) is 101 cm³/mol. The van der Waals surface area contributed by atoms with E-state index in [1.807, 2.05) is 0 Å². The van der Waals surface area contributed by atoms with Crippen molar-refractivity contribution in [3.63, 3.8) is 0 Å². The van der Waals surface area contributed by atoms with Gasteiger partial charge in [0, 0.05) is 24.0 Å². The lowest BCUT2D eigenvalue weighted by Gasteiger charge is -2.13. The number of carbonyl (C=O) groups is 5. The van der Waals surface area contributed by atoms with Gasteiger partial charge in [0.1, 0.15) is 0 Å². The van der Waals surface area contributed by atoms with Gasteiger partial charge in [-0.25, -0.2) is 14.4 Å². The number of carboxylic acids is 3. The van der Waals surface area contributed by atoms with Gasteiger partial charge < -0.3 is 26.0 Å². The maximum absolute atomic E-state index is 12.7. The Kier molecular flexibility index (Phi) is 5.97. The highest BCUT2D eigenvalue weighted by Gasteiger charge is 2.24. The lowest BCUT2D eigenvalue weighted by atomic mass is 9.95. The monoisotopic (exact) mass is 400 g/mol. The SMILES string of the molecule is CNc1cc(NC(=O)c2cc(C(C)=O)c(C(=O)O)cc2C(=O)O)cc(C(=O)O)c1. The number of ketones is 1. The van der Waals surface area contributed by atoms with Crippen LogP contribution in [0.3, 0.4) is 0 Å². The minimum atomic E-state index is -1.57. The van der Waals surface area contributed by atoms with Gasteiger partial charge in [-0.15, -0.1) is 0 Å². The summed E-state index contributed by atoms with van der Waals surface area (Å²) in [6.07, 6.45) is 0. The molecule has 0 aliphatic heterocycles. The van der Waals surface area contributed by atoms with E-state index in [0.717, 1.165) is 19.1 Å². The Morgan fingerprint density at radius 3 is 1.69 bits per heavy atom. The Morgan fingerprint density at radius 1 is 0.690 bits per heavy atom. The summed E-state index contributed by atoms with van der Waals surface area (Å²) in [6.45, 7) is 1.08. The Hall–Kier alpha value is -4.21. The predicted octanol–water partition coefficient (Wildman–Crippen LogP) is 2.28. The molecule has 10 heteroatoms. The average Bonchev–Trinajstić information content (AvgIpc) is 2.66. The van der Waals surface area contributed by atoms with Crippen molar-refractivity contribution >= 4 is 41.0 Å². The summed E-state index contributed by atoms with van der Waals surface area (Å²) in [5.41, 5.74) is -1.63. The van der Waals surface area contributed by atoms with Gasteiger partial charge in [0.15, 0.2) is 5.78 Å². The van der Waals surface area contributed by atoms with Crippen LogP contribution >= 0.6 is 0 Å². The number of aromatic carboxylic acids is 3. The van der Waals surface area contributed by atoms with Crippen LogP contribution in [0.25, 0.3) is 0 Å². The molecular weight excluding hydrogens is 384 g/mol. The summed E-state index contributed by atoms with van der Waals surface area (Å²) in [4.78, 5) is 58.5. The molecule has 0 unspecified atom stereocenters. The first kappa shape index (κ1) is 21.1. The molecule has 0 atom stereocenters. The smallest absolute Gasteiger partial charge is 0.336 e. The van der Waals surface area contributed by atoms with E-state index < -0.39 is 46.3 Å². The van der Waals surface area contributed by atoms with E-state index in [1.165, 1.54) is 18.2 Å². The third-order valence-electron chi connectivity index (χ3n) is 3.97. The van der Waals surface area contributed by atoms with Crippen molar-refractivity contribution in [3.8, 4) is 0 Å². The second kappa shape index (κ2) is 8.21. The van der Waals surface area contributed by atoms with E-state index in [1.54, 1.807) is 7.05 Å². The molecule has 0 aliphatic carbocycles. The molecule has 0 bridgehead atoms.